The van der Waals surface area contributed by atoms with Crippen molar-refractivity contribution in [3.05, 3.63) is 35.5 Å². The van der Waals surface area contributed by atoms with Gasteiger partial charge in [0.25, 0.3) is 0 Å². The Balaban J connectivity index is 1.65. The zero-order valence-electron chi connectivity index (χ0n) is 12.9. The van der Waals surface area contributed by atoms with E-state index in [0.29, 0.717) is 0 Å². The molecule has 4 unspecified atom stereocenters. The zero-order chi connectivity index (χ0) is 14.0. The van der Waals surface area contributed by atoms with Crippen LogP contribution in [0.1, 0.15) is 43.5 Å². The molecule has 4 aliphatic heterocycles. The SMILES string of the molecule is CCC1C[N+]23CCc4c([nH]c5ccccc45)C2CC1CC3. The van der Waals surface area contributed by atoms with Gasteiger partial charge in [0.2, 0.25) is 0 Å². The van der Waals surface area contributed by atoms with E-state index >= 15 is 0 Å². The van der Waals surface area contributed by atoms with Gasteiger partial charge < -0.3 is 9.47 Å². The third kappa shape index (κ3) is 1.52. The van der Waals surface area contributed by atoms with Crippen molar-refractivity contribution in [2.24, 2.45) is 11.8 Å². The van der Waals surface area contributed by atoms with Gasteiger partial charge in [-0.25, -0.2) is 0 Å². The summed E-state index contributed by atoms with van der Waals surface area (Å²) in [7, 11) is 0. The van der Waals surface area contributed by atoms with E-state index in [9.17, 15) is 0 Å². The molecule has 4 atom stereocenters. The first kappa shape index (κ1) is 12.3. The lowest BCUT2D eigenvalue weighted by Gasteiger charge is -2.59. The van der Waals surface area contributed by atoms with E-state index in [2.05, 4.69) is 36.2 Å². The Bertz CT molecular complexity index is 701. The second kappa shape index (κ2) is 4.13. The molecule has 1 aromatic heterocycles. The van der Waals surface area contributed by atoms with Crippen molar-refractivity contribution in [2.45, 2.75) is 38.6 Å². The second-order valence-electron chi connectivity index (χ2n) is 7.63. The van der Waals surface area contributed by atoms with Crippen molar-refractivity contribution in [1.82, 2.24) is 4.98 Å². The van der Waals surface area contributed by atoms with E-state index < -0.39 is 0 Å². The number of H-pyrrole nitrogens is 1. The first-order chi connectivity index (χ1) is 10.3. The number of quaternary nitrogens is 1. The fourth-order valence-electron chi connectivity index (χ4n) is 5.79. The summed E-state index contributed by atoms with van der Waals surface area (Å²) in [5, 5.41) is 1.49. The largest absolute Gasteiger partial charge is 0.353 e. The number of aromatic amines is 1. The average Bonchev–Trinajstić information content (AvgIpc) is 2.93. The molecule has 3 saturated heterocycles. The van der Waals surface area contributed by atoms with E-state index in [1.807, 2.05) is 0 Å². The Morgan fingerprint density at radius 2 is 2.14 bits per heavy atom. The number of fused-ring (bicyclic) bond motifs is 5. The molecule has 0 aliphatic carbocycles. The van der Waals surface area contributed by atoms with Crippen molar-refractivity contribution in [3.63, 3.8) is 0 Å². The Hall–Kier alpha value is -1.28. The van der Waals surface area contributed by atoms with Crippen LogP contribution in [0.5, 0.6) is 0 Å². The Morgan fingerprint density at radius 3 is 3.05 bits per heavy atom. The number of hydrogen-bond donors (Lipinski definition) is 1. The molecular weight excluding hydrogens is 256 g/mol. The maximum absolute atomic E-state index is 3.81. The number of nitrogens with one attached hydrogen (secondary N) is 1. The number of hydrogen-bond acceptors (Lipinski definition) is 0. The van der Waals surface area contributed by atoms with Gasteiger partial charge in [-0.1, -0.05) is 25.1 Å². The molecule has 0 radical (unpaired) electrons. The van der Waals surface area contributed by atoms with E-state index in [1.165, 1.54) is 60.7 Å². The van der Waals surface area contributed by atoms with Gasteiger partial charge in [-0.05, 0) is 24.0 Å². The maximum Gasteiger partial charge on any atom is 0.130 e. The van der Waals surface area contributed by atoms with E-state index in [0.717, 1.165) is 17.9 Å². The Kier molecular flexibility index (Phi) is 2.42. The molecule has 0 saturated carbocycles. The number of rotatable bonds is 1. The third-order valence-corrected chi connectivity index (χ3v) is 6.91. The molecule has 2 bridgehead atoms. The van der Waals surface area contributed by atoms with Gasteiger partial charge >= 0.3 is 0 Å². The first-order valence-electron chi connectivity index (χ1n) is 8.76. The molecule has 2 heteroatoms. The summed E-state index contributed by atoms with van der Waals surface area (Å²) in [5.41, 5.74) is 4.60. The van der Waals surface area contributed by atoms with E-state index in [-0.39, 0.29) is 0 Å². The van der Waals surface area contributed by atoms with E-state index in [1.54, 1.807) is 11.3 Å². The predicted octanol–water partition coefficient (Wildman–Crippen LogP) is 4.03. The normalized spacial score (nSPS) is 37.5. The van der Waals surface area contributed by atoms with Gasteiger partial charge in [0.05, 0.1) is 25.3 Å². The summed E-state index contributed by atoms with van der Waals surface area (Å²) >= 11 is 0. The Morgan fingerprint density at radius 1 is 1.24 bits per heavy atom. The highest BCUT2D eigenvalue weighted by molar-refractivity contribution is 5.85. The summed E-state index contributed by atoms with van der Waals surface area (Å²) in [6, 6.07) is 9.68. The van der Waals surface area contributed by atoms with Gasteiger partial charge in [-0.15, -0.1) is 0 Å². The number of benzene rings is 1. The highest BCUT2D eigenvalue weighted by atomic mass is 15.4. The smallest absolute Gasteiger partial charge is 0.130 e. The minimum absolute atomic E-state index is 0.766. The molecule has 3 fully saturated rings. The van der Waals surface area contributed by atoms with Gasteiger partial charge in [-0.2, -0.15) is 0 Å². The quantitative estimate of drug-likeness (QED) is 0.760. The molecular formula is C19H25N2+. The molecule has 2 nitrogen and oxygen atoms in total. The zero-order valence-corrected chi connectivity index (χ0v) is 12.9. The van der Waals surface area contributed by atoms with Crippen LogP contribution in [0.3, 0.4) is 0 Å². The third-order valence-electron chi connectivity index (χ3n) is 6.91. The average molecular weight is 281 g/mol. The molecule has 0 amide bonds. The lowest BCUT2D eigenvalue weighted by Crippen LogP contribution is -2.65. The summed E-state index contributed by atoms with van der Waals surface area (Å²) in [5.74, 6) is 1.97. The fourth-order valence-corrected chi connectivity index (χ4v) is 5.79. The molecule has 1 N–H and O–H groups in total. The molecule has 4 aliphatic rings. The van der Waals surface area contributed by atoms with Crippen LogP contribution in [0.4, 0.5) is 0 Å². The predicted molar refractivity (Wildman–Crippen MR) is 86.1 cm³/mol. The summed E-state index contributed by atoms with van der Waals surface area (Å²) in [6.45, 7) is 6.65. The first-order valence-corrected chi connectivity index (χ1v) is 8.76. The van der Waals surface area contributed by atoms with Crippen molar-refractivity contribution in [3.8, 4) is 0 Å². The lowest BCUT2D eigenvalue weighted by molar-refractivity contribution is -0.978. The van der Waals surface area contributed by atoms with Gasteiger partial charge in [-0.3, -0.25) is 0 Å². The van der Waals surface area contributed by atoms with Crippen LogP contribution in [0.25, 0.3) is 10.9 Å². The van der Waals surface area contributed by atoms with Crippen molar-refractivity contribution in [2.75, 3.05) is 19.6 Å². The summed E-state index contributed by atoms with van der Waals surface area (Å²) in [6.07, 6.45) is 5.57. The van der Waals surface area contributed by atoms with E-state index in [4.69, 9.17) is 0 Å². The Labute approximate surface area is 126 Å². The molecule has 110 valence electrons. The summed E-state index contributed by atoms with van der Waals surface area (Å²) in [4.78, 5) is 3.81. The maximum atomic E-state index is 3.81. The molecule has 6 rings (SSSR count). The van der Waals surface area contributed by atoms with Crippen LogP contribution in [0, 0.1) is 11.8 Å². The van der Waals surface area contributed by atoms with Crippen LogP contribution in [0.15, 0.2) is 24.3 Å². The summed E-state index contributed by atoms with van der Waals surface area (Å²) < 4.78 is 1.40. The van der Waals surface area contributed by atoms with Crippen LogP contribution < -0.4 is 0 Å². The van der Waals surface area contributed by atoms with Gasteiger partial charge in [0, 0.05) is 36.1 Å². The van der Waals surface area contributed by atoms with Crippen molar-refractivity contribution < 1.29 is 4.48 Å². The van der Waals surface area contributed by atoms with Crippen molar-refractivity contribution >= 4 is 10.9 Å². The monoisotopic (exact) mass is 281 g/mol. The van der Waals surface area contributed by atoms with Gasteiger partial charge in [0.1, 0.15) is 6.04 Å². The highest BCUT2D eigenvalue weighted by Crippen LogP contribution is 2.53. The molecule has 2 aromatic rings. The number of aromatic nitrogens is 1. The fraction of sp³-hybridized carbons (Fsp3) is 0.579. The van der Waals surface area contributed by atoms with Crippen molar-refractivity contribution in [1.29, 1.82) is 0 Å². The molecule has 1 spiro atoms. The topological polar surface area (TPSA) is 15.8 Å². The van der Waals surface area contributed by atoms with Crippen LogP contribution in [-0.4, -0.2) is 29.1 Å². The number of nitrogens with zero attached hydrogens (tertiary/aromatic N) is 1. The minimum atomic E-state index is 0.766. The standard InChI is InChI=1S/C19H25N2/c1-2-13-12-21-9-7-14(13)11-18(21)19-16(8-10-21)15-5-3-4-6-17(15)20-19/h3-6,13-14,18,20H,2,7-12H2,1H3/q+1. The highest BCUT2D eigenvalue weighted by Gasteiger charge is 2.54. The molecule has 5 heterocycles. The van der Waals surface area contributed by atoms with Gasteiger partial charge in [0.15, 0.2) is 0 Å². The van der Waals surface area contributed by atoms with Crippen LogP contribution >= 0.6 is 0 Å². The molecule has 1 aromatic carbocycles. The number of para-hydroxylation sites is 1. The second-order valence-corrected chi connectivity index (χ2v) is 7.63. The molecule has 21 heavy (non-hydrogen) atoms. The van der Waals surface area contributed by atoms with Crippen LogP contribution in [0.2, 0.25) is 0 Å². The lowest BCUT2D eigenvalue weighted by atomic mass is 9.70. The minimum Gasteiger partial charge on any atom is -0.353 e. The van der Waals surface area contributed by atoms with Crippen LogP contribution in [-0.2, 0) is 6.42 Å². The number of piperidine rings is 3.